The van der Waals surface area contributed by atoms with Crippen molar-refractivity contribution in [1.29, 1.82) is 0 Å². The molecule has 102 valence electrons. The molecule has 0 spiro atoms. The van der Waals surface area contributed by atoms with Crippen LogP contribution in [0.1, 0.15) is 43.9 Å². The van der Waals surface area contributed by atoms with E-state index >= 15 is 0 Å². The number of nitrogens with zero attached hydrogens (tertiary/aromatic N) is 2. The summed E-state index contributed by atoms with van der Waals surface area (Å²) in [7, 11) is 2.00. The van der Waals surface area contributed by atoms with E-state index in [1.54, 1.807) is 0 Å². The van der Waals surface area contributed by atoms with Crippen LogP contribution in [0.5, 0.6) is 0 Å². The van der Waals surface area contributed by atoms with Crippen molar-refractivity contribution in [3.05, 3.63) is 17.5 Å². The van der Waals surface area contributed by atoms with Gasteiger partial charge in [-0.3, -0.25) is 4.68 Å². The van der Waals surface area contributed by atoms with Crippen LogP contribution in [0.3, 0.4) is 0 Å². The highest BCUT2D eigenvalue weighted by Crippen LogP contribution is 2.39. The number of thioether (sulfide) groups is 1. The first-order chi connectivity index (χ1) is 8.69. The van der Waals surface area contributed by atoms with Crippen LogP contribution in [0.2, 0.25) is 0 Å². The van der Waals surface area contributed by atoms with Crippen LogP contribution >= 0.6 is 11.8 Å². The number of rotatable bonds is 6. The van der Waals surface area contributed by atoms with Gasteiger partial charge in [0.1, 0.15) is 0 Å². The van der Waals surface area contributed by atoms with E-state index in [1.165, 1.54) is 36.9 Å². The van der Waals surface area contributed by atoms with E-state index in [2.05, 4.69) is 29.8 Å². The van der Waals surface area contributed by atoms with Crippen LogP contribution in [-0.2, 0) is 20.0 Å². The Hall–Kier alpha value is -0.480. The van der Waals surface area contributed by atoms with Gasteiger partial charge in [-0.25, -0.2) is 0 Å². The molecule has 1 aliphatic rings. The fraction of sp³-hybridized carbons (Fsp3) is 0.786. The molecule has 0 atom stereocenters. The summed E-state index contributed by atoms with van der Waals surface area (Å²) < 4.78 is 2.42. The summed E-state index contributed by atoms with van der Waals surface area (Å²) in [4.78, 5) is 0. The first-order valence-corrected chi connectivity index (χ1v) is 8.19. The number of nitrogens with one attached hydrogen (secondary N) is 1. The minimum Gasteiger partial charge on any atom is -0.311 e. The van der Waals surface area contributed by atoms with Gasteiger partial charge in [-0.1, -0.05) is 19.8 Å². The van der Waals surface area contributed by atoms with Gasteiger partial charge in [0.2, 0.25) is 0 Å². The molecule has 1 aromatic rings. The van der Waals surface area contributed by atoms with Crippen molar-refractivity contribution in [1.82, 2.24) is 15.1 Å². The smallest absolute Gasteiger partial charge is 0.0666 e. The van der Waals surface area contributed by atoms with E-state index in [9.17, 15) is 0 Å². The highest BCUT2D eigenvalue weighted by Gasteiger charge is 2.32. The summed E-state index contributed by atoms with van der Waals surface area (Å²) in [5.41, 5.74) is 2.59. The largest absolute Gasteiger partial charge is 0.311 e. The fourth-order valence-corrected chi connectivity index (χ4v) is 3.87. The summed E-state index contributed by atoms with van der Waals surface area (Å²) in [6, 6.07) is 0. The van der Waals surface area contributed by atoms with Gasteiger partial charge in [-0.2, -0.15) is 16.9 Å². The summed E-state index contributed by atoms with van der Waals surface area (Å²) in [5, 5.41) is 8.14. The zero-order chi connectivity index (χ0) is 13.0. The topological polar surface area (TPSA) is 29.9 Å². The Morgan fingerprint density at radius 1 is 1.44 bits per heavy atom. The monoisotopic (exact) mass is 267 g/mol. The second-order valence-corrected chi connectivity index (χ2v) is 6.60. The average Bonchev–Trinajstić information content (AvgIpc) is 2.97. The fourth-order valence-electron chi connectivity index (χ4n) is 2.93. The normalized spacial score (nSPS) is 18.4. The van der Waals surface area contributed by atoms with Crippen LogP contribution in [0.15, 0.2) is 6.20 Å². The minimum atomic E-state index is 0.495. The molecule has 1 aromatic heterocycles. The number of aryl methyl sites for hydroxylation is 2. The van der Waals surface area contributed by atoms with Crippen molar-refractivity contribution < 1.29 is 0 Å². The molecule has 18 heavy (non-hydrogen) atoms. The van der Waals surface area contributed by atoms with Crippen LogP contribution in [-0.4, -0.2) is 27.3 Å². The molecule has 1 saturated carbocycles. The lowest BCUT2D eigenvalue weighted by molar-refractivity contribution is 0.533. The van der Waals surface area contributed by atoms with Crippen molar-refractivity contribution in [2.24, 2.45) is 7.05 Å². The Balaban J connectivity index is 1.87. The Bertz CT molecular complexity index is 380. The molecule has 0 bridgehead atoms. The van der Waals surface area contributed by atoms with Crippen molar-refractivity contribution in [3.63, 3.8) is 0 Å². The van der Waals surface area contributed by atoms with E-state index in [-0.39, 0.29) is 0 Å². The first-order valence-electron chi connectivity index (χ1n) is 6.96. The Morgan fingerprint density at radius 3 is 2.78 bits per heavy atom. The number of aromatic nitrogens is 2. The second-order valence-electron chi connectivity index (χ2n) is 5.33. The summed E-state index contributed by atoms with van der Waals surface area (Å²) in [6.45, 7) is 4.26. The lowest BCUT2D eigenvalue weighted by atomic mass is 10.1. The standard InChI is InChI=1S/C14H25N3S/c1-4-13-12(10-17(2)16-13)9-15-11-14(18-3)7-5-6-8-14/h10,15H,4-9,11H2,1-3H3. The summed E-state index contributed by atoms with van der Waals surface area (Å²) in [5.74, 6) is 0. The Kier molecular flexibility index (Phi) is 4.73. The molecule has 1 heterocycles. The zero-order valence-electron chi connectivity index (χ0n) is 11.8. The molecule has 2 rings (SSSR count). The predicted molar refractivity (Wildman–Crippen MR) is 79.0 cm³/mol. The molecule has 0 unspecified atom stereocenters. The van der Waals surface area contributed by atoms with Gasteiger partial charge in [0.15, 0.2) is 0 Å². The highest BCUT2D eigenvalue weighted by atomic mass is 32.2. The Morgan fingerprint density at radius 2 is 2.17 bits per heavy atom. The van der Waals surface area contributed by atoms with Gasteiger partial charge in [0, 0.05) is 36.6 Å². The third-order valence-corrected chi connectivity index (χ3v) is 5.46. The molecule has 0 saturated heterocycles. The lowest BCUT2D eigenvalue weighted by Crippen LogP contribution is -2.34. The van der Waals surface area contributed by atoms with E-state index in [0.29, 0.717) is 4.75 Å². The molecule has 0 aromatic carbocycles. The predicted octanol–water partition coefficient (Wildman–Crippen LogP) is 2.75. The molecule has 1 N–H and O–H groups in total. The van der Waals surface area contributed by atoms with Crippen molar-refractivity contribution in [3.8, 4) is 0 Å². The maximum absolute atomic E-state index is 4.49. The van der Waals surface area contributed by atoms with Crippen molar-refractivity contribution in [2.75, 3.05) is 12.8 Å². The van der Waals surface area contributed by atoms with E-state index in [0.717, 1.165) is 19.5 Å². The molecular weight excluding hydrogens is 242 g/mol. The third-order valence-electron chi connectivity index (χ3n) is 4.04. The van der Waals surface area contributed by atoms with E-state index < -0.39 is 0 Å². The molecule has 1 aliphatic carbocycles. The van der Waals surface area contributed by atoms with Crippen molar-refractivity contribution >= 4 is 11.8 Å². The number of hydrogen-bond donors (Lipinski definition) is 1. The maximum Gasteiger partial charge on any atom is 0.0666 e. The molecule has 3 nitrogen and oxygen atoms in total. The van der Waals surface area contributed by atoms with Crippen LogP contribution in [0.25, 0.3) is 0 Å². The molecule has 0 amide bonds. The summed E-state index contributed by atoms with van der Waals surface area (Å²) in [6.07, 6.45) is 11.0. The van der Waals surface area contributed by atoms with E-state index in [1.807, 2.05) is 23.5 Å². The zero-order valence-corrected chi connectivity index (χ0v) is 12.6. The van der Waals surface area contributed by atoms with Gasteiger partial charge in [0.25, 0.3) is 0 Å². The van der Waals surface area contributed by atoms with Crippen LogP contribution in [0, 0.1) is 0 Å². The first kappa shape index (κ1) is 13.9. The lowest BCUT2D eigenvalue weighted by Gasteiger charge is -2.27. The van der Waals surface area contributed by atoms with Crippen LogP contribution in [0.4, 0.5) is 0 Å². The summed E-state index contributed by atoms with van der Waals surface area (Å²) >= 11 is 2.05. The molecule has 0 radical (unpaired) electrons. The van der Waals surface area contributed by atoms with Crippen LogP contribution < -0.4 is 5.32 Å². The quantitative estimate of drug-likeness (QED) is 0.859. The minimum absolute atomic E-state index is 0.495. The number of hydrogen-bond acceptors (Lipinski definition) is 3. The molecule has 1 fully saturated rings. The third kappa shape index (κ3) is 3.09. The second kappa shape index (κ2) is 6.11. The Labute approximate surface area is 115 Å². The molecule has 4 heteroatoms. The van der Waals surface area contributed by atoms with Crippen molar-refractivity contribution in [2.45, 2.75) is 50.3 Å². The van der Waals surface area contributed by atoms with Gasteiger partial charge < -0.3 is 5.32 Å². The van der Waals surface area contributed by atoms with Gasteiger partial charge in [-0.05, 0) is 25.5 Å². The van der Waals surface area contributed by atoms with Gasteiger partial charge >= 0.3 is 0 Å². The van der Waals surface area contributed by atoms with Gasteiger partial charge in [0.05, 0.1) is 5.69 Å². The molecular formula is C14H25N3S. The average molecular weight is 267 g/mol. The maximum atomic E-state index is 4.49. The van der Waals surface area contributed by atoms with Gasteiger partial charge in [-0.15, -0.1) is 0 Å². The highest BCUT2D eigenvalue weighted by molar-refractivity contribution is 8.00. The molecule has 0 aliphatic heterocycles. The van der Waals surface area contributed by atoms with E-state index in [4.69, 9.17) is 0 Å². The SMILES string of the molecule is CCc1nn(C)cc1CNCC1(SC)CCCC1.